The van der Waals surface area contributed by atoms with E-state index in [1.165, 1.54) is 209 Å². The molecule has 6 aromatic rings. The molecule has 12 bridgehead atoms. The highest BCUT2D eigenvalue weighted by molar-refractivity contribution is 7.80. The number of hydrogen-bond acceptors (Lipinski definition) is 5. The Bertz CT molecular complexity index is 3660. The molecule has 0 N–H and O–H groups in total. The zero-order valence-electron chi connectivity index (χ0n) is 73.3. The van der Waals surface area contributed by atoms with Crippen LogP contribution in [0, 0.1) is 100 Å². The number of thiocarbonyl (C=S) groups is 1. The lowest BCUT2D eigenvalue weighted by molar-refractivity contribution is -0.0545. The van der Waals surface area contributed by atoms with E-state index in [4.69, 9.17) is 31.2 Å². The van der Waals surface area contributed by atoms with E-state index in [-0.39, 0.29) is 5.41 Å². The van der Waals surface area contributed by atoms with E-state index in [1.807, 2.05) is 18.2 Å². The molecule has 14 fully saturated rings. The van der Waals surface area contributed by atoms with Crippen LogP contribution in [0.1, 0.15) is 332 Å². The number of benzene rings is 6. The van der Waals surface area contributed by atoms with Crippen molar-refractivity contribution in [3.05, 3.63) is 203 Å². The van der Waals surface area contributed by atoms with Crippen LogP contribution in [-0.2, 0) is 37.2 Å². The van der Waals surface area contributed by atoms with Crippen molar-refractivity contribution in [2.75, 3.05) is 26.4 Å². The third-order valence-electron chi connectivity index (χ3n) is 31.9. The Kier molecular flexibility index (Phi) is 32.7. The highest BCUT2D eigenvalue weighted by Gasteiger charge is 2.61. The van der Waals surface area contributed by atoms with Crippen LogP contribution in [-0.4, -0.2) is 49.8 Å². The van der Waals surface area contributed by atoms with Crippen LogP contribution in [0.3, 0.4) is 0 Å². The SMILES string of the molecule is CC(C)(c1ccccc1)c1ccccc1.CC1CC2CC1C1C3CCC(C3)C21.CC1CCCc2ccccc21.CCC12CC3CC(CC(C3)C1)C2.CCC1c2ccccc2-c2ccccc21.CCCOC(=S)Cc1ccccc1.CCCOC1CC2CC1C1CCCC21.CCCOC1CC2CCC1C2.CCCOC1CCCCC1. The fourth-order valence-electron chi connectivity index (χ4n) is 26.9. The Morgan fingerprint density at radius 3 is 1.51 bits per heavy atom. The van der Waals surface area contributed by atoms with E-state index in [9.17, 15) is 0 Å². The van der Waals surface area contributed by atoms with Crippen LogP contribution in [0.15, 0.2) is 164 Å². The molecule has 114 heavy (non-hydrogen) atoms. The summed E-state index contributed by atoms with van der Waals surface area (Å²) in [4.78, 5) is 0. The van der Waals surface area contributed by atoms with Crippen molar-refractivity contribution in [1.82, 2.24) is 0 Å². The predicted octanol–water partition coefficient (Wildman–Crippen LogP) is 29.9. The molecule has 0 heterocycles. The van der Waals surface area contributed by atoms with Crippen LogP contribution >= 0.6 is 12.2 Å². The van der Waals surface area contributed by atoms with E-state index in [0.717, 1.165) is 116 Å². The largest absolute Gasteiger partial charge is 0.487 e. The van der Waals surface area contributed by atoms with Gasteiger partial charge in [0.2, 0.25) is 0 Å². The Labute approximate surface area is 701 Å². The van der Waals surface area contributed by atoms with E-state index in [2.05, 4.69) is 215 Å². The average molecular weight is 1560 g/mol. The van der Waals surface area contributed by atoms with Gasteiger partial charge >= 0.3 is 0 Å². The maximum Gasteiger partial charge on any atom is 0.164 e. The van der Waals surface area contributed by atoms with Crippen LogP contribution in [0.5, 0.6) is 0 Å². The van der Waals surface area contributed by atoms with E-state index in [0.29, 0.717) is 29.3 Å². The van der Waals surface area contributed by atoms with Crippen LogP contribution in [0.4, 0.5) is 0 Å². The minimum Gasteiger partial charge on any atom is -0.487 e. The Balaban J connectivity index is 0.000000112. The quantitative estimate of drug-likeness (QED) is 0.0672. The van der Waals surface area contributed by atoms with Crippen LogP contribution in [0.2, 0.25) is 0 Å². The van der Waals surface area contributed by atoms with Gasteiger partial charge in [0.05, 0.1) is 24.9 Å². The second-order valence-corrected chi connectivity index (χ2v) is 40.2. The van der Waals surface area contributed by atoms with Crippen molar-refractivity contribution in [3.8, 4) is 11.1 Å². The van der Waals surface area contributed by atoms with Crippen molar-refractivity contribution >= 4 is 17.3 Å². The number of fused-ring (bicyclic) bond motifs is 20. The third-order valence-corrected chi connectivity index (χ3v) is 32.2. The van der Waals surface area contributed by atoms with Gasteiger partial charge < -0.3 is 18.9 Å². The Hall–Kier alpha value is -4.91. The Morgan fingerprint density at radius 2 is 0.939 bits per heavy atom. The molecule has 22 rings (SSSR count). The van der Waals surface area contributed by atoms with Gasteiger partial charge in [0.15, 0.2) is 5.05 Å². The smallest absolute Gasteiger partial charge is 0.164 e. The molecule has 5 heteroatoms. The molecule has 4 nitrogen and oxygen atoms in total. The van der Waals surface area contributed by atoms with E-state index >= 15 is 0 Å². The van der Waals surface area contributed by atoms with Gasteiger partial charge in [-0.15, -0.1) is 0 Å². The van der Waals surface area contributed by atoms with Gasteiger partial charge in [-0.05, 0) is 355 Å². The van der Waals surface area contributed by atoms with Gasteiger partial charge in [0.25, 0.3) is 0 Å². The van der Waals surface area contributed by atoms with E-state index < -0.39 is 0 Å². The highest BCUT2D eigenvalue weighted by Crippen LogP contribution is 2.69. The summed E-state index contributed by atoms with van der Waals surface area (Å²) in [5, 5.41) is 0.688. The second-order valence-electron chi connectivity index (χ2n) is 39.8. The molecule has 16 atom stereocenters. The van der Waals surface area contributed by atoms with Gasteiger partial charge in [-0.3, -0.25) is 0 Å². The fourth-order valence-corrected chi connectivity index (χ4v) is 27.1. The first-order valence-electron chi connectivity index (χ1n) is 48.1. The first kappa shape index (κ1) is 86.9. The summed E-state index contributed by atoms with van der Waals surface area (Å²) >= 11 is 5.08. The van der Waals surface area contributed by atoms with Crippen molar-refractivity contribution in [2.45, 2.75) is 330 Å². The van der Waals surface area contributed by atoms with Gasteiger partial charge in [-0.1, -0.05) is 265 Å². The third kappa shape index (κ3) is 22.0. The summed E-state index contributed by atoms with van der Waals surface area (Å²) in [6.45, 7) is 26.4. The van der Waals surface area contributed by atoms with Crippen LogP contribution in [0.25, 0.3) is 11.1 Å². The van der Waals surface area contributed by atoms with Crippen molar-refractivity contribution in [2.24, 2.45) is 100 Å². The summed E-state index contributed by atoms with van der Waals surface area (Å²) in [7, 11) is 0. The van der Waals surface area contributed by atoms with Gasteiger partial charge in [-0.2, -0.15) is 0 Å². The zero-order valence-corrected chi connectivity index (χ0v) is 74.1. The minimum atomic E-state index is 0.0858. The monoisotopic (exact) mass is 1560 g/mol. The predicted molar refractivity (Wildman–Crippen MR) is 486 cm³/mol. The minimum absolute atomic E-state index is 0.0858. The standard InChI is InChI=1S/C15H14.C15H16.C13H22O.C13H20.C12H20.C11H14OS.C11H14.C10H18O.C9H18O/c1-2-11-12-7-3-5-9-14(12)15-10-6-4-8-13(11)15;1-15(2,13-9-5-3-6-10-13)14-11-7-4-8-12-14;1-2-6-14-13-8-9-7-12(13)11-5-3-4-10(9)11;1-7-4-10-6-11(7)13-9-3-2-8(5-9)12(10)13;1-2-12-6-9-3-10(7-12)5-11(4-9)8-12;1-2-8-12-11(13)9-10-6-4-3-5-7-10;1-9-5-4-7-10-6-2-3-8-11(9)10;1-2-5-11-10-7-8-3-4-9(10)6-8;1-2-8-10-9-6-4-3-5-7-9/h3-11H,2H2,1H3;3-12H,1-2H3;9-13H,2-8H2,1H3;7-13H,2-6H2,1H3;9-11H,2-8H2,1H3;3-7H,2,8-9H2,1H3;2-3,6,8-9H,4-5,7H2,1H3;8-10H,2-7H2,1H3;9H,2-8H2,1H3. The summed E-state index contributed by atoms with van der Waals surface area (Å²) in [6.07, 6.45) is 51.5. The number of ether oxygens (including phenoxy) is 4. The van der Waals surface area contributed by atoms with Crippen LogP contribution < -0.4 is 0 Å². The topological polar surface area (TPSA) is 36.9 Å². The maximum atomic E-state index is 5.99. The molecule has 6 aromatic carbocycles. The number of hydrogen-bond donors (Lipinski definition) is 0. The van der Waals surface area contributed by atoms with Crippen molar-refractivity contribution < 1.29 is 18.9 Å². The molecule has 0 aliphatic heterocycles. The molecular weight excluding hydrogens is 1410 g/mol. The second kappa shape index (κ2) is 42.8. The lowest BCUT2D eigenvalue weighted by Gasteiger charge is -2.56. The summed E-state index contributed by atoms with van der Waals surface area (Å²) in [5.74, 6) is 19.3. The summed E-state index contributed by atoms with van der Waals surface area (Å²) < 4.78 is 22.7. The molecule has 0 spiro atoms. The van der Waals surface area contributed by atoms with Crippen molar-refractivity contribution in [1.29, 1.82) is 0 Å². The normalized spacial score (nSPS) is 32.2. The highest BCUT2D eigenvalue weighted by atomic mass is 32.1. The molecule has 622 valence electrons. The molecule has 16 aliphatic rings. The molecule has 16 unspecified atom stereocenters. The molecular formula is C109H156O4S. The maximum absolute atomic E-state index is 5.99. The lowest BCUT2D eigenvalue weighted by Crippen LogP contribution is -2.45. The fraction of sp³-hybridized carbons (Fsp3) is 0.661. The van der Waals surface area contributed by atoms with Crippen molar-refractivity contribution in [3.63, 3.8) is 0 Å². The van der Waals surface area contributed by atoms with Gasteiger partial charge in [0, 0.05) is 37.6 Å². The average Bonchev–Trinajstić information content (AvgIpc) is 1.52. The summed E-state index contributed by atoms with van der Waals surface area (Å²) in [6, 6.07) is 57.8. The molecule has 0 saturated heterocycles. The molecule has 0 aromatic heterocycles. The molecule has 0 radical (unpaired) electrons. The first-order chi connectivity index (χ1) is 55.7. The number of rotatable bonds is 17. The van der Waals surface area contributed by atoms with E-state index in [1.54, 1.807) is 81.8 Å². The Morgan fingerprint density at radius 1 is 0.404 bits per heavy atom. The van der Waals surface area contributed by atoms with Gasteiger partial charge in [0.1, 0.15) is 0 Å². The number of aryl methyl sites for hydroxylation is 1. The zero-order chi connectivity index (χ0) is 79.4. The molecule has 16 aliphatic carbocycles. The molecule has 0 amide bonds. The van der Waals surface area contributed by atoms with Gasteiger partial charge in [-0.25, -0.2) is 0 Å². The first-order valence-corrected chi connectivity index (χ1v) is 48.5. The molecule has 14 saturated carbocycles. The summed E-state index contributed by atoms with van der Waals surface area (Å²) in [5.41, 5.74) is 13.9. The lowest BCUT2D eigenvalue weighted by atomic mass is 9.49.